The van der Waals surface area contributed by atoms with Crippen LogP contribution in [-0.4, -0.2) is 35.4 Å². The van der Waals surface area contributed by atoms with Gasteiger partial charge in [0.2, 0.25) is 5.88 Å². The molecule has 2 rings (SSSR count). The molecule has 0 amide bonds. The highest BCUT2D eigenvalue weighted by Crippen LogP contribution is 2.21. The number of pyridine rings is 1. The van der Waals surface area contributed by atoms with Gasteiger partial charge in [-0.25, -0.2) is 9.78 Å². The third kappa shape index (κ3) is 2.43. The van der Waals surface area contributed by atoms with E-state index in [1.807, 2.05) is 0 Å². The minimum absolute atomic E-state index is 0.00872. The Bertz CT molecular complexity index is 404. The van der Waals surface area contributed by atoms with Crippen LogP contribution in [0.25, 0.3) is 0 Å². The van der Waals surface area contributed by atoms with Crippen LogP contribution >= 0.6 is 11.6 Å². The Labute approximate surface area is 97.0 Å². The van der Waals surface area contributed by atoms with E-state index in [9.17, 15) is 4.79 Å². The third-order valence-electron chi connectivity index (χ3n) is 2.24. The summed E-state index contributed by atoms with van der Waals surface area (Å²) in [6, 6.07) is 1.32. The summed E-state index contributed by atoms with van der Waals surface area (Å²) in [5, 5.41) is 8.96. The normalized spacial score (nSPS) is 19.7. The van der Waals surface area contributed by atoms with Crippen LogP contribution in [0.15, 0.2) is 12.3 Å². The third-order valence-corrected chi connectivity index (χ3v) is 2.54. The number of ether oxygens (including phenoxy) is 2. The number of carboxylic acid groups (broad SMARTS) is 1. The standard InChI is InChI=1S/C10H10ClNO4/c11-8-4-12-9(3-7(8)10(13)14)16-6-1-2-15-5-6/h3-4,6H,1-2,5H2,(H,13,14). The number of carbonyl (C=O) groups is 1. The van der Waals surface area contributed by atoms with E-state index in [1.54, 1.807) is 0 Å². The molecule has 1 aliphatic rings. The van der Waals surface area contributed by atoms with Crippen LogP contribution in [0.1, 0.15) is 16.8 Å². The van der Waals surface area contributed by atoms with Crippen molar-refractivity contribution < 1.29 is 19.4 Å². The molecule has 0 aliphatic carbocycles. The minimum atomic E-state index is -1.10. The van der Waals surface area contributed by atoms with E-state index in [0.29, 0.717) is 13.2 Å². The molecule has 1 aromatic rings. The fourth-order valence-electron chi connectivity index (χ4n) is 1.42. The molecule has 1 N–H and O–H groups in total. The van der Waals surface area contributed by atoms with Crippen molar-refractivity contribution in [2.75, 3.05) is 13.2 Å². The van der Waals surface area contributed by atoms with Gasteiger partial charge in [0, 0.05) is 12.5 Å². The first-order valence-electron chi connectivity index (χ1n) is 4.80. The quantitative estimate of drug-likeness (QED) is 0.873. The number of rotatable bonds is 3. The summed E-state index contributed by atoms with van der Waals surface area (Å²) in [6.45, 7) is 1.16. The Morgan fingerprint density at radius 3 is 3.12 bits per heavy atom. The van der Waals surface area contributed by atoms with Crippen molar-refractivity contribution in [1.29, 1.82) is 0 Å². The van der Waals surface area contributed by atoms with E-state index in [4.69, 9.17) is 26.2 Å². The van der Waals surface area contributed by atoms with Crippen molar-refractivity contribution in [2.24, 2.45) is 0 Å². The first-order chi connectivity index (χ1) is 7.66. The second kappa shape index (κ2) is 4.67. The molecule has 16 heavy (non-hydrogen) atoms. The summed E-state index contributed by atoms with van der Waals surface area (Å²) in [7, 11) is 0. The lowest BCUT2D eigenvalue weighted by Gasteiger charge is -2.11. The first kappa shape index (κ1) is 11.2. The molecule has 0 spiro atoms. The number of nitrogens with zero attached hydrogens (tertiary/aromatic N) is 1. The molecule has 2 heterocycles. The number of halogens is 1. The number of hydrogen-bond donors (Lipinski definition) is 1. The van der Waals surface area contributed by atoms with E-state index in [2.05, 4.69) is 4.98 Å². The fraction of sp³-hybridized carbons (Fsp3) is 0.400. The number of carboxylic acids is 1. The highest BCUT2D eigenvalue weighted by Gasteiger charge is 2.19. The maximum absolute atomic E-state index is 10.8. The zero-order valence-corrected chi connectivity index (χ0v) is 9.11. The van der Waals surface area contributed by atoms with Crippen molar-refractivity contribution in [3.63, 3.8) is 0 Å². The highest BCUT2D eigenvalue weighted by atomic mass is 35.5. The van der Waals surface area contributed by atoms with Crippen molar-refractivity contribution >= 4 is 17.6 Å². The molecule has 0 bridgehead atoms. The van der Waals surface area contributed by atoms with Crippen molar-refractivity contribution in [2.45, 2.75) is 12.5 Å². The Hall–Kier alpha value is -1.33. The van der Waals surface area contributed by atoms with Gasteiger partial charge < -0.3 is 14.6 Å². The van der Waals surface area contributed by atoms with Crippen LogP contribution in [0, 0.1) is 0 Å². The summed E-state index contributed by atoms with van der Waals surface area (Å²) < 4.78 is 10.6. The maximum atomic E-state index is 10.8. The van der Waals surface area contributed by atoms with Crippen molar-refractivity contribution in [3.05, 3.63) is 22.8 Å². The lowest BCUT2D eigenvalue weighted by molar-refractivity contribution is 0.0695. The van der Waals surface area contributed by atoms with E-state index >= 15 is 0 Å². The molecule has 0 radical (unpaired) electrons. The molecule has 1 aliphatic heterocycles. The second-order valence-corrected chi connectivity index (χ2v) is 3.82. The number of aromatic carboxylic acids is 1. The summed E-state index contributed by atoms with van der Waals surface area (Å²) in [5.74, 6) is -0.836. The molecule has 0 aromatic carbocycles. The Morgan fingerprint density at radius 1 is 1.69 bits per heavy atom. The van der Waals surface area contributed by atoms with Gasteiger partial charge >= 0.3 is 5.97 Å². The smallest absolute Gasteiger partial charge is 0.337 e. The van der Waals surface area contributed by atoms with Crippen LogP contribution in [0.5, 0.6) is 5.88 Å². The summed E-state index contributed by atoms with van der Waals surface area (Å²) >= 11 is 5.68. The SMILES string of the molecule is O=C(O)c1cc(OC2CCOC2)ncc1Cl. The molecular formula is C10H10ClNO4. The van der Waals surface area contributed by atoms with Crippen LogP contribution in [0.3, 0.4) is 0 Å². The number of aromatic nitrogens is 1. The molecule has 1 unspecified atom stereocenters. The van der Waals surface area contributed by atoms with Gasteiger partial charge in [0.05, 0.1) is 30.0 Å². The molecule has 1 aromatic heterocycles. The van der Waals surface area contributed by atoms with Gasteiger partial charge in [-0.1, -0.05) is 11.6 Å². The van der Waals surface area contributed by atoms with E-state index in [0.717, 1.165) is 6.42 Å². The van der Waals surface area contributed by atoms with Gasteiger partial charge in [-0.3, -0.25) is 0 Å². The predicted octanol–water partition coefficient (Wildman–Crippen LogP) is 1.60. The topological polar surface area (TPSA) is 68.7 Å². The minimum Gasteiger partial charge on any atom is -0.478 e. The Morgan fingerprint density at radius 2 is 2.50 bits per heavy atom. The second-order valence-electron chi connectivity index (χ2n) is 3.41. The molecule has 1 atom stereocenters. The zero-order valence-electron chi connectivity index (χ0n) is 8.35. The van der Waals surface area contributed by atoms with E-state index in [-0.39, 0.29) is 22.6 Å². The average Bonchev–Trinajstić information content (AvgIpc) is 2.73. The number of hydrogen-bond acceptors (Lipinski definition) is 4. The van der Waals surface area contributed by atoms with Gasteiger partial charge in [-0.2, -0.15) is 0 Å². The Balaban J connectivity index is 2.15. The van der Waals surface area contributed by atoms with Gasteiger partial charge in [-0.15, -0.1) is 0 Å². The Kier molecular flexibility index (Phi) is 3.26. The zero-order chi connectivity index (χ0) is 11.5. The van der Waals surface area contributed by atoms with E-state index in [1.165, 1.54) is 12.3 Å². The maximum Gasteiger partial charge on any atom is 0.337 e. The average molecular weight is 244 g/mol. The van der Waals surface area contributed by atoms with Crippen molar-refractivity contribution in [1.82, 2.24) is 4.98 Å². The van der Waals surface area contributed by atoms with E-state index < -0.39 is 5.97 Å². The molecule has 1 fully saturated rings. The summed E-state index contributed by atoms with van der Waals surface area (Å²) in [4.78, 5) is 14.7. The van der Waals surface area contributed by atoms with Gasteiger partial charge in [0.15, 0.2) is 0 Å². The summed E-state index contributed by atoms with van der Waals surface area (Å²) in [6.07, 6.45) is 2.00. The molecule has 6 heteroatoms. The fourth-order valence-corrected chi connectivity index (χ4v) is 1.61. The molecular weight excluding hydrogens is 234 g/mol. The van der Waals surface area contributed by atoms with Crippen LogP contribution in [0.4, 0.5) is 0 Å². The van der Waals surface area contributed by atoms with Gasteiger partial charge in [0.1, 0.15) is 6.10 Å². The lowest BCUT2D eigenvalue weighted by Crippen LogP contribution is -2.16. The van der Waals surface area contributed by atoms with Crippen LogP contribution in [-0.2, 0) is 4.74 Å². The van der Waals surface area contributed by atoms with Gasteiger partial charge in [0.25, 0.3) is 0 Å². The summed E-state index contributed by atoms with van der Waals surface area (Å²) in [5.41, 5.74) is -0.00872. The highest BCUT2D eigenvalue weighted by molar-refractivity contribution is 6.33. The first-order valence-corrected chi connectivity index (χ1v) is 5.18. The van der Waals surface area contributed by atoms with Gasteiger partial charge in [-0.05, 0) is 0 Å². The lowest BCUT2D eigenvalue weighted by atomic mass is 10.2. The van der Waals surface area contributed by atoms with Crippen molar-refractivity contribution in [3.8, 4) is 5.88 Å². The van der Waals surface area contributed by atoms with Crippen LogP contribution < -0.4 is 4.74 Å². The predicted molar refractivity (Wildman–Crippen MR) is 56.1 cm³/mol. The molecule has 5 nitrogen and oxygen atoms in total. The van der Waals surface area contributed by atoms with Crippen LogP contribution in [0.2, 0.25) is 5.02 Å². The monoisotopic (exact) mass is 243 g/mol. The largest absolute Gasteiger partial charge is 0.478 e. The molecule has 1 saturated heterocycles. The molecule has 0 saturated carbocycles. The molecule has 86 valence electrons.